The van der Waals surface area contributed by atoms with Crippen molar-refractivity contribution >= 4 is 17.1 Å². The van der Waals surface area contributed by atoms with Gasteiger partial charge in [-0.3, -0.25) is 4.79 Å². The van der Waals surface area contributed by atoms with E-state index in [4.69, 9.17) is 0 Å². The highest BCUT2D eigenvalue weighted by molar-refractivity contribution is 7.12. The number of carbonyl (C=O) groups is 1. The average molecular weight is 220 g/mol. The van der Waals surface area contributed by atoms with Crippen molar-refractivity contribution in [3.63, 3.8) is 0 Å². The molecule has 0 atom stereocenters. The molecule has 0 N–H and O–H groups in total. The smallest absolute Gasteiger partial charge is 0.136 e. The molecule has 15 heavy (non-hydrogen) atoms. The van der Waals surface area contributed by atoms with Crippen molar-refractivity contribution in [1.82, 2.24) is 0 Å². The van der Waals surface area contributed by atoms with Crippen LogP contribution in [0.2, 0.25) is 0 Å². The minimum absolute atomic E-state index is 0.388. The Bertz CT molecular complexity index is 387. The van der Waals surface area contributed by atoms with Crippen molar-refractivity contribution in [3.05, 3.63) is 33.5 Å². The molecular formula is C13H16OS. The Morgan fingerprint density at radius 1 is 1.27 bits per heavy atom. The van der Waals surface area contributed by atoms with Crippen molar-refractivity contribution in [3.8, 4) is 0 Å². The van der Waals surface area contributed by atoms with Crippen LogP contribution < -0.4 is 0 Å². The fourth-order valence-electron chi connectivity index (χ4n) is 1.85. The second-order valence-corrected chi connectivity index (χ2v) is 5.26. The van der Waals surface area contributed by atoms with Gasteiger partial charge in [0.2, 0.25) is 0 Å². The molecule has 1 nitrogen and oxygen atoms in total. The molecule has 0 aromatic carbocycles. The van der Waals surface area contributed by atoms with Gasteiger partial charge in [0.1, 0.15) is 5.78 Å². The maximum Gasteiger partial charge on any atom is 0.136 e. The van der Waals surface area contributed by atoms with Gasteiger partial charge in [-0.1, -0.05) is 18.6 Å². The molecule has 0 unspecified atom stereocenters. The van der Waals surface area contributed by atoms with Crippen molar-refractivity contribution in [2.45, 2.75) is 39.0 Å². The summed E-state index contributed by atoms with van der Waals surface area (Å²) >= 11 is 1.90. The van der Waals surface area contributed by atoms with Gasteiger partial charge in [-0.05, 0) is 25.0 Å². The number of hydrogen-bond donors (Lipinski definition) is 0. The first-order valence-corrected chi connectivity index (χ1v) is 6.36. The zero-order chi connectivity index (χ0) is 10.7. The molecule has 1 aromatic rings. The van der Waals surface area contributed by atoms with Gasteiger partial charge < -0.3 is 0 Å². The van der Waals surface area contributed by atoms with E-state index in [0.717, 1.165) is 25.7 Å². The largest absolute Gasteiger partial charge is 0.299 e. The quantitative estimate of drug-likeness (QED) is 0.712. The Labute approximate surface area is 94.8 Å². The van der Waals surface area contributed by atoms with Crippen LogP contribution in [-0.2, 0) is 17.6 Å². The van der Waals surface area contributed by atoms with E-state index in [1.165, 1.54) is 15.3 Å². The van der Waals surface area contributed by atoms with Crippen LogP contribution in [0.3, 0.4) is 0 Å². The lowest BCUT2D eigenvalue weighted by Crippen LogP contribution is -2.04. The number of rotatable bonds is 3. The number of ketones is 1. The van der Waals surface area contributed by atoms with Crippen LogP contribution in [0.15, 0.2) is 23.8 Å². The molecule has 1 aliphatic rings. The van der Waals surface area contributed by atoms with Gasteiger partial charge >= 0.3 is 0 Å². The highest BCUT2D eigenvalue weighted by Crippen LogP contribution is 2.24. The second-order valence-electron chi connectivity index (χ2n) is 4.00. The summed E-state index contributed by atoms with van der Waals surface area (Å²) in [5.74, 6) is 0.388. The van der Waals surface area contributed by atoms with E-state index in [-0.39, 0.29) is 0 Å². The molecule has 1 heterocycles. The molecule has 0 saturated heterocycles. The molecule has 2 heteroatoms. The molecule has 2 rings (SSSR count). The van der Waals surface area contributed by atoms with Gasteiger partial charge in [0.25, 0.3) is 0 Å². The maximum atomic E-state index is 11.1. The van der Waals surface area contributed by atoms with Crippen molar-refractivity contribution in [2.75, 3.05) is 0 Å². The Balaban J connectivity index is 1.99. The van der Waals surface area contributed by atoms with E-state index >= 15 is 0 Å². The van der Waals surface area contributed by atoms with E-state index in [0.29, 0.717) is 12.2 Å². The summed E-state index contributed by atoms with van der Waals surface area (Å²) in [5.41, 5.74) is 1.44. The molecule has 0 saturated carbocycles. The molecular weight excluding hydrogens is 204 g/mol. The average Bonchev–Trinajstić information content (AvgIpc) is 2.69. The zero-order valence-electron chi connectivity index (χ0n) is 9.08. The topological polar surface area (TPSA) is 17.1 Å². The Hall–Kier alpha value is -0.890. The van der Waals surface area contributed by atoms with E-state index in [2.05, 4.69) is 25.1 Å². The summed E-state index contributed by atoms with van der Waals surface area (Å²) in [4.78, 5) is 14.0. The third kappa shape index (κ3) is 2.78. The third-order valence-electron chi connectivity index (χ3n) is 2.81. The van der Waals surface area contributed by atoms with Crippen LogP contribution in [0.5, 0.6) is 0 Å². The van der Waals surface area contributed by atoms with E-state index in [1.807, 2.05) is 11.3 Å². The van der Waals surface area contributed by atoms with Crippen LogP contribution in [0.1, 0.15) is 35.9 Å². The van der Waals surface area contributed by atoms with E-state index in [9.17, 15) is 4.79 Å². The van der Waals surface area contributed by atoms with Crippen molar-refractivity contribution in [1.29, 1.82) is 0 Å². The minimum atomic E-state index is 0.388. The maximum absolute atomic E-state index is 11.1. The molecule has 0 bridgehead atoms. The second kappa shape index (κ2) is 4.75. The first kappa shape index (κ1) is 10.6. The van der Waals surface area contributed by atoms with E-state index < -0.39 is 0 Å². The Morgan fingerprint density at radius 3 is 2.67 bits per heavy atom. The first-order chi connectivity index (χ1) is 7.28. The summed E-state index contributed by atoms with van der Waals surface area (Å²) in [6, 6.07) is 4.44. The van der Waals surface area contributed by atoms with Gasteiger partial charge in [0.15, 0.2) is 0 Å². The molecule has 0 amide bonds. The number of thiophene rings is 1. The summed E-state index contributed by atoms with van der Waals surface area (Å²) in [6.45, 7) is 2.19. The molecule has 0 aliphatic heterocycles. The first-order valence-electron chi connectivity index (χ1n) is 5.55. The number of carbonyl (C=O) groups excluding carboxylic acids is 1. The molecule has 0 radical (unpaired) electrons. The van der Waals surface area contributed by atoms with Gasteiger partial charge in [-0.15, -0.1) is 11.3 Å². The van der Waals surface area contributed by atoms with Crippen LogP contribution in [-0.4, -0.2) is 5.78 Å². The predicted octanol–water partition coefficient (Wildman–Crippen LogP) is 3.53. The minimum Gasteiger partial charge on any atom is -0.299 e. The molecule has 80 valence electrons. The standard InChI is InChI=1S/C13H16OS/c1-2-12-7-8-13(15-12)9-10-3-5-11(14)6-4-10/h3,7-8H,2,4-6,9H2,1H3. The zero-order valence-corrected chi connectivity index (χ0v) is 9.90. The van der Waals surface area contributed by atoms with Crippen LogP contribution in [0.4, 0.5) is 0 Å². The molecule has 1 aliphatic carbocycles. The van der Waals surface area contributed by atoms with Gasteiger partial charge in [-0.2, -0.15) is 0 Å². The normalized spacial score (nSPS) is 16.6. The van der Waals surface area contributed by atoms with Crippen molar-refractivity contribution in [2.24, 2.45) is 0 Å². The van der Waals surface area contributed by atoms with Gasteiger partial charge in [-0.25, -0.2) is 0 Å². The number of hydrogen-bond acceptors (Lipinski definition) is 2. The SMILES string of the molecule is CCc1ccc(CC2=CCC(=O)CC2)s1. The summed E-state index contributed by atoms with van der Waals surface area (Å²) in [6.07, 6.45) is 6.68. The fourth-order valence-corrected chi connectivity index (χ4v) is 2.86. The molecule has 1 aromatic heterocycles. The highest BCUT2D eigenvalue weighted by atomic mass is 32.1. The van der Waals surface area contributed by atoms with Gasteiger partial charge in [0.05, 0.1) is 0 Å². The lowest BCUT2D eigenvalue weighted by molar-refractivity contribution is -0.118. The molecule has 0 fully saturated rings. The fraction of sp³-hybridized carbons (Fsp3) is 0.462. The van der Waals surface area contributed by atoms with Crippen LogP contribution in [0, 0.1) is 0 Å². The lowest BCUT2D eigenvalue weighted by atomic mass is 9.96. The predicted molar refractivity (Wildman–Crippen MR) is 64.3 cm³/mol. The Kier molecular flexibility index (Phi) is 3.37. The van der Waals surface area contributed by atoms with Crippen LogP contribution in [0.25, 0.3) is 0 Å². The third-order valence-corrected chi connectivity index (χ3v) is 4.04. The van der Waals surface area contributed by atoms with E-state index in [1.54, 1.807) is 0 Å². The highest BCUT2D eigenvalue weighted by Gasteiger charge is 2.11. The Morgan fingerprint density at radius 2 is 2.07 bits per heavy atom. The molecule has 0 spiro atoms. The summed E-state index contributed by atoms with van der Waals surface area (Å²) < 4.78 is 0. The van der Waals surface area contributed by atoms with Crippen LogP contribution >= 0.6 is 11.3 Å². The van der Waals surface area contributed by atoms with Gasteiger partial charge in [0, 0.05) is 29.0 Å². The number of Topliss-reactive ketones (excluding diaryl/α,β-unsaturated/α-hetero) is 1. The number of allylic oxidation sites excluding steroid dienone is 2. The summed E-state index contributed by atoms with van der Waals surface area (Å²) in [5, 5.41) is 0. The number of aryl methyl sites for hydroxylation is 1. The van der Waals surface area contributed by atoms with Crippen molar-refractivity contribution < 1.29 is 4.79 Å². The summed E-state index contributed by atoms with van der Waals surface area (Å²) in [7, 11) is 0. The monoisotopic (exact) mass is 220 g/mol. The lowest BCUT2D eigenvalue weighted by Gasteiger charge is -2.10.